The van der Waals surface area contributed by atoms with Crippen molar-refractivity contribution < 1.29 is 9.59 Å². The van der Waals surface area contributed by atoms with Crippen molar-refractivity contribution in [3.63, 3.8) is 0 Å². The highest BCUT2D eigenvalue weighted by Gasteiger charge is 2.28. The molecular formula is C16H24O2. The maximum atomic E-state index is 12.2. The first-order valence-corrected chi connectivity index (χ1v) is 6.68. The van der Waals surface area contributed by atoms with Crippen molar-refractivity contribution in [1.29, 1.82) is 0 Å². The third-order valence-electron chi connectivity index (χ3n) is 4.32. The smallest absolute Gasteiger partial charge is 0.185 e. The number of ketones is 2. The first-order chi connectivity index (χ1) is 8.21. The van der Waals surface area contributed by atoms with Crippen LogP contribution >= 0.6 is 0 Å². The van der Waals surface area contributed by atoms with E-state index in [4.69, 9.17) is 0 Å². The number of carbonyl (C=O) groups excluding carboxylic acids is 2. The van der Waals surface area contributed by atoms with Crippen LogP contribution < -0.4 is 0 Å². The molecule has 1 rings (SSSR count). The molecule has 0 fully saturated rings. The summed E-state index contributed by atoms with van der Waals surface area (Å²) in [5, 5.41) is 0. The molecule has 0 N–H and O–H groups in total. The lowest BCUT2D eigenvalue weighted by atomic mass is 9.79. The van der Waals surface area contributed by atoms with Gasteiger partial charge >= 0.3 is 0 Å². The van der Waals surface area contributed by atoms with E-state index in [9.17, 15) is 9.59 Å². The Balaban J connectivity index is 2.96. The zero-order chi connectivity index (χ0) is 14.1. The van der Waals surface area contributed by atoms with Crippen LogP contribution in [0.4, 0.5) is 0 Å². The van der Waals surface area contributed by atoms with Gasteiger partial charge in [0.1, 0.15) is 0 Å². The van der Waals surface area contributed by atoms with Gasteiger partial charge in [-0.2, -0.15) is 0 Å². The minimum atomic E-state index is 0.0383. The summed E-state index contributed by atoms with van der Waals surface area (Å²) >= 11 is 0. The molecule has 18 heavy (non-hydrogen) atoms. The van der Waals surface area contributed by atoms with Crippen LogP contribution in [0.2, 0.25) is 0 Å². The van der Waals surface area contributed by atoms with Gasteiger partial charge in [0.15, 0.2) is 11.6 Å². The molecule has 0 atom stereocenters. The first kappa shape index (κ1) is 14.9. The second-order valence-electron chi connectivity index (χ2n) is 6.03. The van der Waals surface area contributed by atoms with Crippen LogP contribution in [-0.2, 0) is 9.59 Å². The van der Waals surface area contributed by atoms with Gasteiger partial charge in [-0.05, 0) is 39.0 Å². The molecule has 1 aliphatic carbocycles. The third-order valence-corrected chi connectivity index (χ3v) is 4.32. The summed E-state index contributed by atoms with van der Waals surface area (Å²) in [7, 11) is 0. The molecule has 0 aromatic rings. The van der Waals surface area contributed by atoms with Gasteiger partial charge in [0.2, 0.25) is 0 Å². The van der Waals surface area contributed by atoms with Gasteiger partial charge < -0.3 is 0 Å². The highest BCUT2D eigenvalue weighted by Crippen LogP contribution is 2.32. The zero-order valence-corrected chi connectivity index (χ0v) is 12.4. The Kier molecular flexibility index (Phi) is 4.31. The average Bonchev–Trinajstić information content (AvgIpc) is 2.34. The molecule has 0 aromatic heterocycles. The Morgan fingerprint density at radius 3 is 1.89 bits per heavy atom. The third kappa shape index (κ3) is 2.80. The minimum absolute atomic E-state index is 0.0383. The quantitative estimate of drug-likeness (QED) is 0.704. The molecular weight excluding hydrogens is 224 g/mol. The Morgan fingerprint density at radius 2 is 1.39 bits per heavy atom. The van der Waals surface area contributed by atoms with E-state index in [1.54, 1.807) is 20.8 Å². The SMILES string of the molecule is CCC(C)(C)CCC1=C(C)C(=O)C(C)=C(C)C1=O. The van der Waals surface area contributed by atoms with Crippen LogP contribution in [0.3, 0.4) is 0 Å². The fourth-order valence-corrected chi connectivity index (χ4v) is 2.10. The first-order valence-electron chi connectivity index (χ1n) is 6.68. The topological polar surface area (TPSA) is 34.1 Å². The van der Waals surface area contributed by atoms with E-state index in [0.29, 0.717) is 23.1 Å². The van der Waals surface area contributed by atoms with Crippen LogP contribution in [0.1, 0.15) is 60.8 Å². The lowest BCUT2D eigenvalue weighted by Gasteiger charge is -2.25. The van der Waals surface area contributed by atoms with Crippen molar-refractivity contribution in [1.82, 2.24) is 0 Å². The summed E-state index contributed by atoms with van der Waals surface area (Å²) in [4.78, 5) is 24.2. The van der Waals surface area contributed by atoms with Gasteiger partial charge in [-0.3, -0.25) is 9.59 Å². The summed E-state index contributed by atoms with van der Waals surface area (Å²) in [6.07, 6.45) is 2.73. The van der Waals surface area contributed by atoms with E-state index in [1.807, 2.05) is 0 Å². The van der Waals surface area contributed by atoms with Crippen molar-refractivity contribution in [2.45, 2.75) is 60.8 Å². The molecule has 0 unspecified atom stereocenters. The van der Waals surface area contributed by atoms with E-state index in [2.05, 4.69) is 20.8 Å². The van der Waals surface area contributed by atoms with Gasteiger partial charge in [0, 0.05) is 22.3 Å². The van der Waals surface area contributed by atoms with E-state index in [0.717, 1.165) is 18.4 Å². The largest absolute Gasteiger partial charge is 0.289 e. The normalized spacial score (nSPS) is 17.9. The predicted octanol–water partition coefficient (Wildman–Crippen LogP) is 4.01. The van der Waals surface area contributed by atoms with E-state index < -0.39 is 0 Å². The highest BCUT2D eigenvalue weighted by molar-refractivity contribution is 6.24. The maximum absolute atomic E-state index is 12.2. The maximum Gasteiger partial charge on any atom is 0.185 e. The van der Waals surface area contributed by atoms with Crippen LogP contribution in [0, 0.1) is 5.41 Å². The van der Waals surface area contributed by atoms with Crippen LogP contribution in [0.5, 0.6) is 0 Å². The standard InChI is InChI=1S/C16H24O2/c1-7-16(5,6)9-8-13-12(4)14(17)10(2)11(3)15(13)18/h7-9H2,1-6H3. The van der Waals surface area contributed by atoms with Crippen molar-refractivity contribution in [2.75, 3.05) is 0 Å². The molecule has 2 heteroatoms. The van der Waals surface area contributed by atoms with E-state index >= 15 is 0 Å². The van der Waals surface area contributed by atoms with Gasteiger partial charge in [-0.1, -0.05) is 27.2 Å². The van der Waals surface area contributed by atoms with Crippen molar-refractivity contribution >= 4 is 11.6 Å². The molecule has 0 bridgehead atoms. The molecule has 2 nitrogen and oxygen atoms in total. The molecule has 0 spiro atoms. The molecule has 100 valence electrons. The zero-order valence-electron chi connectivity index (χ0n) is 12.4. The molecule has 0 saturated carbocycles. The molecule has 0 heterocycles. The Labute approximate surface area is 110 Å². The number of hydrogen-bond acceptors (Lipinski definition) is 2. The second kappa shape index (κ2) is 5.21. The number of carbonyl (C=O) groups is 2. The van der Waals surface area contributed by atoms with Crippen LogP contribution in [0.25, 0.3) is 0 Å². The monoisotopic (exact) mass is 248 g/mol. The Bertz CT molecular complexity index is 448. The lowest BCUT2D eigenvalue weighted by Crippen LogP contribution is -2.22. The van der Waals surface area contributed by atoms with Crippen LogP contribution in [-0.4, -0.2) is 11.6 Å². The van der Waals surface area contributed by atoms with Crippen molar-refractivity contribution in [2.24, 2.45) is 5.41 Å². The molecule has 0 aromatic carbocycles. The Hall–Kier alpha value is -1.18. The van der Waals surface area contributed by atoms with E-state index in [1.165, 1.54) is 0 Å². The van der Waals surface area contributed by atoms with Gasteiger partial charge in [0.05, 0.1) is 0 Å². The lowest BCUT2D eigenvalue weighted by molar-refractivity contribution is -0.116. The highest BCUT2D eigenvalue weighted by atomic mass is 16.1. The molecule has 0 radical (unpaired) electrons. The molecule has 0 aliphatic heterocycles. The number of allylic oxidation sites excluding steroid dienone is 4. The molecule has 0 amide bonds. The summed E-state index contributed by atoms with van der Waals surface area (Å²) in [6.45, 7) is 11.8. The minimum Gasteiger partial charge on any atom is -0.289 e. The van der Waals surface area contributed by atoms with Crippen LogP contribution in [0.15, 0.2) is 22.3 Å². The number of Topliss-reactive ketones (excluding diaryl/α,β-unsaturated/α-hetero) is 2. The van der Waals surface area contributed by atoms with E-state index in [-0.39, 0.29) is 17.0 Å². The molecule has 0 saturated heterocycles. The van der Waals surface area contributed by atoms with Crippen molar-refractivity contribution in [3.05, 3.63) is 22.3 Å². The average molecular weight is 248 g/mol. The Morgan fingerprint density at radius 1 is 0.889 bits per heavy atom. The predicted molar refractivity (Wildman–Crippen MR) is 74.4 cm³/mol. The summed E-state index contributed by atoms with van der Waals surface area (Å²) in [6, 6.07) is 0. The fraction of sp³-hybridized carbons (Fsp3) is 0.625. The molecule has 1 aliphatic rings. The summed E-state index contributed by atoms with van der Waals surface area (Å²) < 4.78 is 0. The fourth-order valence-electron chi connectivity index (χ4n) is 2.10. The summed E-state index contributed by atoms with van der Waals surface area (Å²) in [5.74, 6) is 0.105. The van der Waals surface area contributed by atoms with Crippen molar-refractivity contribution in [3.8, 4) is 0 Å². The number of rotatable bonds is 4. The van der Waals surface area contributed by atoms with Gasteiger partial charge in [-0.15, -0.1) is 0 Å². The summed E-state index contributed by atoms with van der Waals surface area (Å²) in [5.41, 5.74) is 2.83. The van der Waals surface area contributed by atoms with Gasteiger partial charge in [-0.25, -0.2) is 0 Å². The van der Waals surface area contributed by atoms with Gasteiger partial charge in [0.25, 0.3) is 0 Å². The second-order valence-corrected chi connectivity index (χ2v) is 6.03. The number of hydrogen-bond donors (Lipinski definition) is 0.